The Labute approximate surface area is 118 Å². The van der Waals surface area contributed by atoms with E-state index in [1.54, 1.807) is 6.07 Å². The van der Waals surface area contributed by atoms with Crippen LogP contribution in [0.25, 0.3) is 0 Å². The van der Waals surface area contributed by atoms with Crippen LogP contribution in [0.2, 0.25) is 5.02 Å². The average Bonchev–Trinajstić information content (AvgIpc) is 2.35. The number of ether oxygens (including phenoxy) is 1. The van der Waals surface area contributed by atoms with Gasteiger partial charge in [0.2, 0.25) is 0 Å². The highest BCUT2D eigenvalue weighted by Crippen LogP contribution is 2.33. The zero-order valence-corrected chi connectivity index (χ0v) is 11.9. The Hall–Kier alpha value is -0.510. The summed E-state index contributed by atoms with van der Waals surface area (Å²) in [5.41, 5.74) is 0.913. The van der Waals surface area contributed by atoms with Gasteiger partial charge in [-0.05, 0) is 44.0 Å². The molecule has 5 heteroatoms. The number of hydrogen-bond acceptors (Lipinski definition) is 2. The van der Waals surface area contributed by atoms with Crippen LogP contribution in [-0.4, -0.2) is 13.2 Å². The number of halogens is 3. The molecule has 0 bridgehead atoms. The lowest BCUT2D eigenvalue weighted by atomic mass is 9.97. The monoisotopic (exact) mass is 293 g/mol. The standard InChI is InChI=1S/C13H17ClFNO.ClH/c1-2-17-13-10(14)7-9(8-11(13)15)12-5-3-4-6-16-12;/h7-8,12,16H,2-6H2,1H3;1H/t12-;/m1./s1. The molecule has 1 aromatic carbocycles. The quantitative estimate of drug-likeness (QED) is 0.905. The first-order chi connectivity index (χ1) is 8.22. The van der Waals surface area contributed by atoms with Crippen molar-refractivity contribution in [2.24, 2.45) is 0 Å². The fraction of sp³-hybridized carbons (Fsp3) is 0.538. The van der Waals surface area contributed by atoms with Gasteiger partial charge < -0.3 is 10.1 Å². The number of rotatable bonds is 3. The van der Waals surface area contributed by atoms with Crippen molar-refractivity contribution in [2.75, 3.05) is 13.2 Å². The van der Waals surface area contributed by atoms with Crippen molar-refractivity contribution in [2.45, 2.75) is 32.2 Å². The van der Waals surface area contributed by atoms with E-state index in [0.717, 1.165) is 18.5 Å². The van der Waals surface area contributed by atoms with Gasteiger partial charge in [0.05, 0.1) is 11.6 Å². The van der Waals surface area contributed by atoms with Crippen LogP contribution in [0, 0.1) is 5.82 Å². The Morgan fingerprint density at radius 3 is 2.78 bits per heavy atom. The van der Waals surface area contributed by atoms with Crippen molar-refractivity contribution in [3.05, 3.63) is 28.5 Å². The van der Waals surface area contributed by atoms with Crippen LogP contribution in [0.4, 0.5) is 4.39 Å². The molecule has 0 spiro atoms. The molecule has 2 nitrogen and oxygen atoms in total. The molecule has 1 atom stereocenters. The van der Waals surface area contributed by atoms with Gasteiger partial charge in [-0.3, -0.25) is 0 Å². The molecule has 0 saturated carbocycles. The van der Waals surface area contributed by atoms with Crippen LogP contribution >= 0.6 is 24.0 Å². The summed E-state index contributed by atoms with van der Waals surface area (Å²) < 4.78 is 19.0. The van der Waals surface area contributed by atoms with Crippen LogP contribution in [0.5, 0.6) is 5.75 Å². The molecule has 0 amide bonds. The Morgan fingerprint density at radius 1 is 1.44 bits per heavy atom. The fourth-order valence-corrected chi connectivity index (χ4v) is 2.47. The van der Waals surface area contributed by atoms with E-state index in [-0.39, 0.29) is 30.0 Å². The Balaban J connectivity index is 0.00000162. The van der Waals surface area contributed by atoms with Crippen LogP contribution in [-0.2, 0) is 0 Å². The lowest BCUT2D eigenvalue weighted by Gasteiger charge is -2.24. The van der Waals surface area contributed by atoms with Crippen molar-refractivity contribution in [1.82, 2.24) is 5.32 Å². The van der Waals surface area contributed by atoms with E-state index >= 15 is 0 Å². The van der Waals surface area contributed by atoms with Crippen LogP contribution < -0.4 is 10.1 Å². The summed E-state index contributed by atoms with van der Waals surface area (Å²) in [5.74, 6) is -0.213. The van der Waals surface area contributed by atoms with Gasteiger partial charge in [-0.2, -0.15) is 0 Å². The lowest BCUT2D eigenvalue weighted by molar-refractivity contribution is 0.320. The zero-order chi connectivity index (χ0) is 12.3. The number of benzene rings is 1. The molecular weight excluding hydrogens is 276 g/mol. The number of hydrogen-bond donors (Lipinski definition) is 1. The third-order valence-corrected chi connectivity index (χ3v) is 3.30. The predicted octanol–water partition coefficient (Wildman–Crippen LogP) is 4.11. The third kappa shape index (κ3) is 3.50. The summed E-state index contributed by atoms with van der Waals surface area (Å²) in [6.07, 6.45) is 3.39. The van der Waals surface area contributed by atoms with Crippen LogP contribution in [0.3, 0.4) is 0 Å². The van der Waals surface area contributed by atoms with E-state index in [0.29, 0.717) is 11.6 Å². The molecule has 0 radical (unpaired) electrons. The maximum atomic E-state index is 13.8. The van der Waals surface area contributed by atoms with Gasteiger partial charge in [0.25, 0.3) is 0 Å². The molecule has 2 rings (SSSR count). The molecule has 0 unspecified atom stereocenters. The van der Waals surface area contributed by atoms with E-state index in [4.69, 9.17) is 16.3 Å². The van der Waals surface area contributed by atoms with Crippen LogP contribution in [0.15, 0.2) is 12.1 Å². The van der Waals surface area contributed by atoms with Gasteiger partial charge in [0.1, 0.15) is 0 Å². The molecule has 0 aliphatic carbocycles. The number of nitrogens with one attached hydrogen (secondary N) is 1. The highest BCUT2D eigenvalue weighted by atomic mass is 35.5. The minimum absolute atomic E-state index is 0. The second kappa shape index (κ2) is 7.17. The predicted molar refractivity (Wildman–Crippen MR) is 74.4 cm³/mol. The third-order valence-electron chi connectivity index (χ3n) is 3.02. The normalized spacial score (nSPS) is 19.2. The molecule has 1 saturated heterocycles. The first kappa shape index (κ1) is 15.5. The first-order valence-corrected chi connectivity index (χ1v) is 6.45. The molecule has 1 fully saturated rings. The molecule has 1 aliphatic rings. The van der Waals surface area contributed by atoms with Gasteiger partial charge in [0.15, 0.2) is 11.6 Å². The summed E-state index contributed by atoms with van der Waals surface area (Å²) in [7, 11) is 0. The van der Waals surface area contributed by atoms with E-state index in [2.05, 4.69) is 5.32 Å². The van der Waals surface area contributed by atoms with Gasteiger partial charge in [-0.1, -0.05) is 18.0 Å². The average molecular weight is 294 g/mol. The Bertz CT molecular complexity index is 372. The smallest absolute Gasteiger partial charge is 0.173 e. The first-order valence-electron chi connectivity index (χ1n) is 6.07. The SMILES string of the molecule is CCOc1c(F)cc([C@H]2CCCCN2)cc1Cl.Cl. The summed E-state index contributed by atoms with van der Waals surface area (Å²) in [5, 5.41) is 3.73. The maximum Gasteiger partial charge on any atom is 0.173 e. The minimum atomic E-state index is -0.373. The van der Waals surface area contributed by atoms with Gasteiger partial charge in [-0.25, -0.2) is 4.39 Å². The van der Waals surface area contributed by atoms with Crippen molar-refractivity contribution >= 4 is 24.0 Å². The second-order valence-corrected chi connectivity index (χ2v) is 4.66. The molecular formula is C13H18Cl2FNO. The van der Waals surface area contributed by atoms with E-state index < -0.39 is 0 Å². The molecule has 1 heterocycles. The summed E-state index contributed by atoms with van der Waals surface area (Å²) in [6, 6.07) is 3.55. The summed E-state index contributed by atoms with van der Waals surface area (Å²) >= 11 is 6.04. The van der Waals surface area contributed by atoms with E-state index in [9.17, 15) is 4.39 Å². The molecule has 102 valence electrons. The Kier molecular flexibility index (Phi) is 6.19. The van der Waals surface area contributed by atoms with Gasteiger partial charge in [0, 0.05) is 6.04 Å². The van der Waals surface area contributed by atoms with Gasteiger partial charge >= 0.3 is 0 Å². The lowest BCUT2D eigenvalue weighted by Crippen LogP contribution is -2.26. The topological polar surface area (TPSA) is 21.3 Å². The van der Waals surface area contributed by atoms with Crippen molar-refractivity contribution in [3.63, 3.8) is 0 Å². The highest BCUT2D eigenvalue weighted by molar-refractivity contribution is 6.32. The fourth-order valence-electron chi connectivity index (χ4n) is 2.20. The van der Waals surface area contributed by atoms with E-state index in [1.165, 1.54) is 18.9 Å². The molecule has 1 aliphatic heterocycles. The molecule has 18 heavy (non-hydrogen) atoms. The van der Waals surface area contributed by atoms with E-state index in [1.807, 2.05) is 6.92 Å². The second-order valence-electron chi connectivity index (χ2n) is 4.25. The summed E-state index contributed by atoms with van der Waals surface area (Å²) in [4.78, 5) is 0. The molecule has 1 N–H and O–H groups in total. The van der Waals surface area contributed by atoms with Crippen molar-refractivity contribution in [3.8, 4) is 5.75 Å². The maximum absolute atomic E-state index is 13.8. The van der Waals surface area contributed by atoms with Crippen molar-refractivity contribution in [1.29, 1.82) is 0 Å². The van der Waals surface area contributed by atoms with Gasteiger partial charge in [-0.15, -0.1) is 12.4 Å². The zero-order valence-electron chi connectivity index (χ0n) is 10.3. The van der Waals surface area contributed by atoms with Crippen LogP contribution in [0.1, 0.15) is 37.8 Å². The highest BCUT2D eigenvalue weighted by Gasteiger charge is 2.18. The summed E-state index contributed by atoms with van der Waals surface area (Å²) in [6.45, 7) is 3.21. The molecule has 1 aromatic rings. The minimum Gasteiger partial charge on any atom is -0.489 e. The van der Waals surface area contributed by atoms with Crippen molar-refractivity contribution < 1.29 is 9.13 Å². The largest absolute Gasteiger partial charge is 0.489 e. The number of piperidine rings is 1. The Morgan fingerprint density at radius 2 is 2.22 bits per heavy atom. The molecule has 0 aromatic heterocycles.